The lowest BCUT2D eigenvalue weighted by atomic mass is 10.1. The number of rotatable bonds is 6. The van der Waals surface area contributed by atoms with Gasteiger partial charge in [-0.1, -0.05) is 23.8 Å². The van der Waals surface area contributed by atoms with Crippen molar-refractivity contribution in [2.24, 2.45) is 0 Å². The molecule has 0 fully saturated rings. The molecular formula is C19H20N4O2. The average molecular weight is 336 g/mol. The van der Waals surface area contributed by atoms with Crippen molar-refractivity contribution in [1.82, 2.24) is 20.5 Å². The van der Waals surface area contributed by atoms with E-state index in [4.69, 9.17) is 4.42 Å². The standard InChI is InChI=1S/C19H20N4O2/c1-13-5-7-15(8-6-13)19-23-22-18(25-19)10-9-17(24)21-14(2)16-4-3-11-20-12-16/h3-8,11-12,14H,9-10H2,1-2H3,(H,21,24). The first-order valence-electron chi connectivity index (χ1n) is 8.20. The topological polar surface area (TPSA) is 80.9 Å². The Bertz CT molecular complexity index is 828. The van der Waals surface area contributed by atoms with Crippen molar-refractivity contribution in [3.63, 3.8) is 0 Å². The highest BCUT2D eigenvalue weighted by atomic mass is 16.4. The minimum absolute atomic E-state index is 0.0635. The Morgan fingerprint density at radius 3 is 2.72 bits per heavy atom. The third kappa shape index (κ3) is 4.50. The number of benzene rings is 1. The Balaban J connectivity index is 1.53. The van der Waals surface area contributed by atoms with E-state index in [9.17, 15) is 4.79 Å². The summed E-state index contributed by atoms with van der Waals surface area (Å²) in [6, 6.07) is 11.6. The van der Waals surface area contributed by atoms with Gasteiger partial charge in [0.05, 0.1) is 6.04 Å². The van der Waals surface area contributed by atoms with Crippen LogP contribution in [0.25, 0.3) is 11.5 Å². The van der Waals surface area contributed by atoms with E-state index in [1.54, 1.807) is 12.4 Å². The molecule has 2 aromatic heterocycles. The number of carbonyl (C=O) groups excluding carboxylic acids is 1. The fourth-order valence-electron chi connectivity index (χ4n) is 2.42. The third-order valence-electron chi connectivity index (χ3n) is 3.89. The minimum Gasteiger partial charge on any atom is -0.421 e. The van der Waals surface area contributed by atoms with Crippen molar-refractivity contribution in [2.45, 2.75) is 32.7 Å². The molecule has 6 nitrogen and oxygen atoms in total. The van der Waals surface area contributed by atoms with E-state index in [1.165, 1.54) is 5.56 Å². The molecule has 128 valence electrons. The number of aromatic nitrogens is 3. The van der Waals surface area contributed by atoms with Gasteiger partial charge in [0.15, 0.2) is 0 Å². The van der Waals surface area contributed by atoms with Gasteiger partial charge in [-0.3, -0.25) is 9.78 Å². The predicted molar refractivity (Wildman–Crippen MR) is 93.6 cm³/mol. The molecular weight excluding hydrogens is 316 g/mol. The van der Waals surface area contributed by atoms with Crippen molar-refractivity contribution >= 4 is 5.91 Å². The minimum atomic E-state index is -0.0907. The first-order chi connectivity index (χ1) is 12.1. The highest BCUT2D eigenvalue weighted by Gasteiger charge is 2.13. The van der Waals surface area contributed by atoms with Crippen LogP contribution in [0.4, 0.5) is 0 Å². The highest BCUT2D eigenvalue weighted by Crippen LogP contribution is 2.19. The number of hydrogen-bond donors (Lipinski definition) is 1. The Labute approximate surface area is 146 Å². The highest BCUT2D eigenvalue weighted by molar-refractivity contribution is 5.76. The molecule has 1 unspecified atom stereocenters. The van der Waals surface area contributed by atoms with Crippen LogP contribution in [0.15, 0.2) is 53.2 Å². The number of nitrogens with zero attached hydrogens (tertiary/aromatic N) is 3. The molecule has 6 heteroatoms. The average Bonchev–Trinajstić information content (AvgIpc) is 3.10. The van der Waals surface area contributed by atoms with Crippen LogP contribution in [-0.2, 0) is 11.2 Å². The van der Waals surface area contributed by atoms with Gasteiger partial charge < -0.3 is 9.73 Å². The Kier molecular flexibility index (Phi) is 5.18. The molecule has 1 amide bonds. The van der Waals surface area contributed by atoms with Crippen LogP contribution in [0.1, 0.15) is 36.4 Å². The smallest absolute Gasteiger partial charge is 0.247 e. The second-order valence-electron chi connectivity index (χ2n) is 5.94. The summed E-state index contributed by atoms with van der Waals surface area (Å²) in [5.74, 6) is 0.866. The van der Waals surface area contributed by atoms with E-state index in [2.05, 4.69) is 20.5 Å². The van der Waals surface area contributed by atoms with Gasteiger partial charge in [-0.25, -0.2) is 0 Å². The fourth-order valence-corrected chi connectivity index (χ4v) is 2.42. The lowest BCUT2D eigenvalue weighted by Gasteiger charge is -2.13. The zero-order chi connectivity index (χ0) is 17.6. The van der Waals surface area contributed by atoms with E-state index < -0.39 is 0 Å². The molecule has 2 heterocycles. The number of amides is 1. The van der Waals surface area contributed by atoms with Crippen molar-refractivity contribution < 1.29 is 9.21 Å². The Morgan fingerprint density at radius 2 is 2.00 bits per heavy atom. The molecule has 0 aliphatic heterocycles. The van der Waals surface area contributed by atoms with Gasteiger partial charge in [0, 0.05) is 30.8 Å². The predicted octanol–water partition coefficient (Wildman–Crippen LogP) is 3.25. The SMILES string of the molecule is Cc1ccc(-c2nnc(CCC(=O)NC(C)c3cccnc3)o2)cc1. The first kappa shape index (κ1) is 16.8. The van der Waals surface area contributed by atoms with Crippen LogP contribution in [0.3, 0.4) is 0 Å². The zero-order valence-corrected chi connectivity index (χ0v) is 14.3. The zero-order valence-electron chi connectivity index (χ0n) is 14.3. The molecule has 1 N–H and O–H groups in total. The van der Waals surface area contributed by atoms with Gasteiger partial charge in [0.2, 0.25) is 17.7 Å². The molecule has 0 radical (unpaired) electrons. The molecule has 0 saturated carbocycles. The number of aryl methyl sites for hydroxylation is 2. The van der Waals surface area contributed by atoms with E-state index in [0.717, 1.165) is 11.1 Å². The third-order valence-corrected chi connectivity index (χ3v) is 3.89. The maximum atomic E-state index is 12.1. The number of hydrogen-bond acceptors (Lipinski definition) is 5. The molecule has 25 heavy (non-hydrogen) atoms. The summed E-state index contributed by atoms with van der Waals surface area (Å²) in [5, 5.41) is 11.0. The van der Waals surface area contributed by atoms with Crippen LogP contribution >= 0.6 is 0 Å². The van der Waals surface area contributed by atoms with E-state index in [0.29, 0.717) is 24.6 Å². The van der Waals surface area contributed by atoms with Crippen LogP contribution in [-0.4, -0.2) is 21.1 Å². The largest absolute Gasteiger partial charge is 0.421 e. The summed E-state index contributed by atoms with van der Waals surface area (Å²) in [6.45, 7) is 3.95. The number of pyridine rings is 1. The van der Waals surface area contributed by atoms with Crippen LogP contribution < -0.4 is 5.32 Å². The summed E-state index contributed by atoms with van der Waals surface area (Å²) >= 11 is 0. The van der Waals surface area contributed by atoms with Gasteiger partial charge in [-0.05, 0) is 37.6 Å². The summed E-state index contributed by atoms with van der Waals surface area (Å²) in [7, 11) is 0. The molecule has 0 bridgehead atoms. The van der Waals surface area contributed by atoms with E-state index in [-0.39, 0.29) is 11.9 Å². The summed E-state index contributed by atoms with van der Waals surface area (Å²) in [5.41, 5.74) is 3.01. The maximum absolute atomic E-state index is 12.1. The number of carbonyl (C=O) groups is 1. The molecule has 0 aliphatic rings. The van der Waals surface area contributed by atoms with Crippen LogP contribution in [0.2, 0.25) is 0 Å². The van der Waals surface area contributed by atoms with Crippen LogP contribution in [0.5, 0.6) is 0 Å². The van der Waals surface area contributed by atoms with E-state index in [1.807, 2.05) is 50.2 Å². The van der Waals surface area contributed by atoms with Crippen molar-refractivity contribution in [3.8, 4) is 11.5 Å². The summed E-state index contributed by atoms with van der Waals surface area (Å²) in [6.07, 6.45) is 4.15. The molecule has 0 saturated heterocycles. The molecule has 3 rings (SSSR count). The fraction of sp³-hybridized carbons (Fsp3) is 0.263. The van der Waals surface area contributed by atoms with Gasteiger partial charge in [0.25, 0.3) is 0 Å². The van der Waals surface area contributed by atoms with Crippen molar-refractivity contribution in [2.75, 3.05) is 0 Å². The summed E-state index contributed by atoms with van der Waals surface area (Å²) in [4.78, 5) is 16.2. The number of nitrogens with one attached hydrogen (secondary N) is 1. The van der Waals surface area contributed by atoms with Crippen molar-refractivity contribution in [1.29, 1.82) is 0 Å². The van der Waals surface area contributed by atoms with Crippen LogP contribution in [0, 0.1) is 6.92 Å². The second kappa shape index (κ2) is 7.70. The second-order valence-corrected chi connectivity index (χ2v) is 5.94. The molecule has 3 aromatic rings. The molecule has 0 aliphatic carbocycles. The Morgan fingerprint density at radius 1 is 1.20 bits per heavy atom. The lowest BCUT2D eigenvalue weighted by Crippen LogP contribution is -2.26. The normalized spacial score (nSPS) is 11.9. The molecule has 1 atom stereocenters. The maximum Gasteiger partial charge on any atom is 0.247 e. The summed E-state index contributed by atoms with van der Waals surface area (Å²) < 4.78 is 5.64. The monoisotopic (exact) mass is 336 g/mol. The van der Waals surface area contributed by atoms with E-state index >= 15 is 0 Å². The lowest BCUT2D eigenvalue weighted by molar-refractivity contribution is -0.121. The molecule has 1 aromatic carbocycles. The van der Waals surface area contributed by atoms with Gasteiger partial charge >= 0.3 is 0 Å². The quantitative estimate of drug-likeness (QED) is 0.747. The Hall–Kier alpha value is -3.02. The van der Waals surface area contributed by atoms with Gasteiger partial charge in [0.1, 0.15) is 0 Å². The van der Waals surface area contributed by atoms with Gasteiger partial charge in [-0.2, -0.15) is 0 Å². The van der Waals surface area contributed by atoms with Crippen molar-refractivity contribution in [3.05, 3.63) is 65.8 Å². The molecule has 0 spiro atoms. The first-order valence-corrected chi connectivity index (χ1v) is 8.20. The van der Waals surface area contributed by atoms with Gasteiger partial charge in [-0.15, -0.1) is 10.2 Å².